The summed E-state index contributed by atoms with van der Waals surface area (Å²) in [5.74, 6) is 0.700. The minimum Gasteiger partial charge on any atom is -0.379 e. The van der Waals surface area contributed by atoms with Gasteiger partial charge in [-0.2, -0.15) is 5.10 Å². The number of aryl methyl sites for hydroxylation is 1. The molecule has 1 atom stereocenters. The molecule has 2 fully saturated rings. The van der Waals surface area contributed by atoms with E-state index >= 15 is 0 Å². The first-order valence-electron chi connectivity index (χ1n) is 10.2. The summed E-state index contributed by atoms with van der Waals surface area (Å²) in [4.78, 5) is 17.8. The molecule has 3 heterocycles. The van der Waals surface area contributed by atoms with Gasteiger partial charge < -0.3 is 9.64 Å². The molecule has 0 bridgehead atoms. The zero-order chi connectivity index (χ0) is 18.5. The quantitative estimate of drug-likeness (QED) is 0.779. The van der Waals surface area contributed by atoms with Crippen LogP contribution < -0.4 is 0 Å². The lowest BCUT2D eigenvalue weighted by atomic mass is 9.98. The number of nitrogens with zero attached hydrogens (tertiary/aromatic N) is 4. The van der Waals surface area contributed by atoms with Gasteiger partial charge in [0.15, 0.2) is 0 Å². The van der Waals surface area contributed by atoms with Crippen LogP contribution in [0, 0.1) is 5.92 Å². The summed E-state index contributed by atoms with van der Waals surface area (Å²) in [5, 5.41) is 4.56. The van der Waals surface area contributed by atoms with Crippen LogP contribution in [0.2, 0.25) is 0 Å². The molecule has 0 saturated carbocycles. The Labute approximate surface area is 157 Å². The van der Waals surface area contributed by atoms with E-state index in [-0.39, 0.29) is 5.91 Å². The van der Waals surface area contributed by atoms with Gasteiger partial charge in [0.25, 0.3) is 5.91 Å². The number of carbonyl (C=O) groups is 1. The van der Waals surface area contributed by atoms with Gasteiger partial charge in [-0.15, -0.1) is 0 Å². The van der Waals surface area contributed by atoms with Gasteiger partial charge in [-0.3, -0.25) is 14.4 Å². The highest BCUT2D eigenvalue weighted by atomic mass is 16.5. The number of carbonyl (C=O) groups excluding carboxylic acids is 1. The van der Waals surface area contributed by atoms with Crippen molar-refractivity contribution in [1.29, 1.82) is 0 Å². The molecular weight excluding hydrogens is 328 g/mol. The molecule has 146 valence electrons. The van der Waals surface area contributed by atoms with E-state index < -0.39 is 0 Å². The Morgan fingerprint density at radius 2 is 2.04 bits per heavy atom. The predicted molar refractivity (Wildman–Crippen MR) is 102 cm³/mol. The third-order valence-corrected chi connectivity index (χ3v) is 5.54. The Morgan fingerprint density at radius 3 is 2.77 bits per heavy atom. The van der Waals surface area contributed by atoms with Crippen LogP contribution in [0.25, 0.3) is 0 Å². The lowest BCUT2D eigenvalue weighted by Crippen LogP contribution is -2.46. The van der Waals surface area contributed by atoms with Crippen molar-refractivity contribution in [3.63, 3.8) is 0 Å². The number of morpholine rings is 1. The van der Waals surface area contributed by atoms with Gasteiger partial charge in [-0.1, -0.05) is 13.8 Å². The van der Waals surface area contributed by atoms with Gasteiger partial charge in [0.1, 0.15) is 5.69 Å². The van der Waals surface area contributed by atoms with Crippen molar-refractivity contribution in [2.24, 2.45) is 13.0 Å². The van der Waals surface area contributed by atoms with Crippen molar-refractivity contribution in [2.75, 3.05) is 39.4 Å². The topological polar surface area (TPSA) is 50.6 Å². The van der Waals surface area contributed by atoms with Crippen LogP contribution in [-0.2, 0) is 18.2 Å². The summed E-state index contributed by atoms with van der Waals surface area (Å²) in [6, 6.07) is 2.35. The monoisotopic (exact) mass is 362 g/mol. The lowest BCUT2D eigenvalue weighted by molar-refractivity contribution is 0.0294. The second kappa shape index (κ2) is 9.00. The van der Waals surface area contributed by atoms with E-state index in [0.29, 0.717) is 12.0 Å². The average Bonchev–Trinajstić information content (AvgIpc) is 3.00. The SMILES string of the molecule is CC(C)Cc1cc(C(=O)N2CCCC[C@@H]2CCN2CCOCC2)n(C)n1. The molecular formula is C20H34N4O2. The molecule has 2 aliphatic rings. The minimum atomic E-state index is 0.154. The van der Waals surface area contributed by atoms with Crippen LogP contribution in [0.1, 0.15) is 55.7 Å². The Balaban J connectivity index is 1.64. The average molecular weight is 363 g/mol. The Hall–Kier alpha value is -1.40. The van der Waals surface area contributed by atoms with Crippen molar-refractivity contribution in [3.05, 3.63) is 17.5 Å². The third-order valence-electron chi connectivity index (χ3n) is 5.54. The molecule has 0 aliphatic carbocycles. The fraction of sp³-hybridized carbons (Fsp3) is 0.800. The molecule has 26 heavy (non-hydrogen) atoms. The number of aromatic nitrogens is 2. The number of rotatable bonds is 6. The fourth-order valence-electron chi connectivity index (χ4n) is 4.12. The first kappa shape index (κ1) is 19.4. The number of piperidine rings is 1. The maximum absolute atomic E-state index is 13.2. The highest BCUT2D eigenvalue weighted by molar-refractivity contribution is 5.93. The number of ether oxygens (including phenoxy) is 1. The number of hydrogen-bond donors (Lipinski definition) is 0. The molecule has 2 saturated heterocycles. The standard InChI is InChI=1S/C20H34N4O2/c1-16(2)14-17-15-19(22(3)21-17)20(25)24-8-5-4-6-18(24)7-9-23-10-12-26-13-11-23/h15-16,18H,4-14H2,1-3H3/t18-/m1/s1. The molecule has 0 spiro atoms. The van der Waals surface area contributed by atoms with Crippen molar-refractivity contribution < 1.29 is 9.53 Å². The van der Waals surface area contributed by atoms with E-state index in [1.807, 2.05) is 13.1 Å². The second-order valence-electron chi connectivity index (χ2n) is 8.13. The Morgan fingerprint density at radius 1 is 1.27 bits per heavy atom. The van der Waals surface area contributed by atoms with E-state index in [2.05, 4.69) is 28.7 Å². The van der Waals surface area contributed by atoms with Gasteiger partial charge in [-0.05, 0) is 44.1 Å². The summed E-state index contributed by atoms with van der Waals surface area (Å²) in [6.07, 6.45) is 5.43. The van der Waals surface area contributed by atoms with Crippen LogP contribution in [0.3, 0.4) is 0 Å². The largest absolute Gasteiger partial charge is 0.379 e. The van der Waals surface area contributed by atoms with E-state index in [1.54, 1.807) is 4.68 Å². The maximum Gasteiger partial charge on any atom is 0.272 e. The second-order valence-corrected chi connectivity index (χ2v) is 8.13. The summed E-state index contributed by atoms with van der Waals surface area (Å²) in [7, 11) is 1.89. The molecule has 1 aromatic heterocycles. The lowest BCUT2D eigenvalue weighted by Gasteiger charge is -2.37. The van der Waals surface area contributed by atoms with Gasteiger partial charge >= 0.3 is 0 Å². The molecule has 6 nitrogen and oxygen atoms in total. The molecule has 6 heteroatoms. The van der Waals surface area contributed by atoms with Crippen molar-refractivity contribution >= 4 is 5.91 Å². The molecule has 3 rings (SSSR count). The van der Waals surface area contributed by atoms with Gasteiger partial charge in [0, 0.05) is 39.3 Å². The zero-order valence-electron chi connectivity index (χ0n) is 16.6. The van der Waals surface area contributed by atoms with Crippen LogP contribution >= 0.6 is 0 Å². The van der Waals surface area contributed by atoms with Crippen LogP contribution in [0.5, 0.6) is 0 Å². The smallest absolute Gasteiger partial charge is 0.272 e. The van der Waals surface area contributed by atoms with Crippen LogP contribution in [0.4, 0.5) is 0 Å². The van der Waals surface area contributed by atoms with Gasteiger partial charge in [0.05, 0.1) is 18.9 Å². The molecule has 2 aliphatic heterocycles. The first-order valence-corrected chi connectivity index (χ1v) is 10.2. The van der Waals surface area contributed by atoms with Crippen LogP contribution in [0.15, 0.2) is 6.07 Å². The highest BCUT2D eigenvalue weighted by Gasteiger charge is 2.29. The molecule has 0 unspecified atom stereocenters. The summed E-state index contributed by atoms with van der Waals surface area (Å²) in [5.41, 5.74) is 1.76. The number of hydrogen-bond acceptors (Lipinski definition) is 4. The first-order chi connectivity index (χ1) is 12.5. The highest BCUT2D eigenvalue weighted by Crippen LogP contribution is 2.23. The van der Waals surface area contributed by atoms with E-state index in [4.69, 9.17) is 4.74 Å². The third kappa shape index (κ3) is 4.86. The molecule has 0 radical (unpaired) electrons. The summed E-state index contributed by atoms with van der Waals surface area (Å²) in [6.45, 7) is 9.99. The molecule has 0 N–H and O–H groups in total. The number of likely N-dealkylation sites (tertiary alicyclic amines) is 1. The van der Waals surface area contributed by atoms with Crippen molar-refractivity contribution in [2.45, 2.75) is 52.0 Å². The maximum atomic E-state index is 13.2. The molecule has 1 amide bonds. The van der Waals surface area contributed by atoms with Gasteiger partial charge in [0.2, 0.25) is 0 Å². The van der Waals surface area contributed by atoms with Crippen LogP contribution in [-0.4, -0.2) is 70.9 Å². The normalized spacial score (nSPS) is 22.2. The summed E-state index contributed by atoms with van der Waals surface area (Å²) < 4.78 is 7.21. The Bertz CT molecular complexity index is 593. The fourth-order valence-corrected chi connectivity index (χ4v) is 4.12. The molecule has 0 aromatic carbocycles. The van der Waals surface area contributed by atoms with E-state index in [0.717, 1.165) is 76.5 Å². The summed E-state index contributed by atoms with van der Waals surface area (Å²) >= 11 is 0. The minimum absolute atomic E-state index is 0.154. The molecule has 1 aromatic rings. The van der Waals surface area contributed by atoms with Gasteiger partial charge in [-0.25, -0.2) is 0 Å². The van der Waals surface area contributed by atoms with E-state index in [1.165, 1.54) is 6.42 Å². The number of amides is 1. The van der Waals surface area contributed by atoms with Crippen molar-refractivity contribution in [1.82, 2.24) is 19.6 Å². The Kier molecular flexibility index (Phi) is 6.70. The van der Waals surface area contributed by atoms with E-state index in [9.17, 15) is 4.79 Å². The van der Waals surface area contributed by atoms with Crippen molar-refractivity contribution in [3.8, 4) is 0 Å². The predicted octanol–water partition coefficient (Wildman–Crippen LogP) is 2.34. The zero-order valence-corrected chi connectivity index (χ0v) is 16.6.